The van der Waals surface area contributed by atoms with Crippen LogP contribution in [0.15, 0.2) is 158 Å². The van der Waals surface area contributed by atoms with Crippen LogP contribution in [0.5, 0.6) is 0 Å². The van der Waals surface area contributed by atoms with Crippen molar-refractivity contribution in [2.75, 3.05) is 0 Å². The number of rotatable bonds is 17. The molecule has 4 aromatic rings. The van der Waals surface area contributed by atoms with E-state index in [1.807, 2.05) is 0 Å². The SMILES string of the molecule is CC1C=CC=CC1(C)I(OS(=O)(=O)C(F)(F)C(F)(F)C(F)(F)C(F)(F)F)c1ccc(Sc2ccc(S(OS(=O)(=O)C(F)(F)C(F)(F)C(F)(F)C(F)(F)F)(c3ccccc3)c3ccccc3)cc2)cc1. The second-order valence-corrected chi connectivity index (χ2v) is 27.8. The minimum absolute atomic E-state index is 0.119. The van der Waals surface area contributed by atoms with Gasteiger partial charge in [0.05, 0.1) is 0 Å². The monoisotopic (exact) mass is 1200 g/mol. The molecule has 0 radical (unpaired) electrons. The maximum absolute atomic E-state index is 15.3. The maximum atomic E-state index is 15.3. The first-order valence-electron chi connectivity index (χ1n) is 18.5. The van der Waals surface area contributed by atoms with Crippen LogP contribution in [0.25, 0.3) is 0 Å². The predicted molar refractivity (Wildman–Crippen MR) is 223 cm³/mol. The van der Waals surface area contributed by atoms with E-state index in [4.69, 9.17) is 3.63 Å². The fourth-order valence-electron chi connectivity index (χ4n) is 5.91. The topological polar surface area (TPSA) is 86.7 Å². The van der Waals surface area contributed by atoms with Gasteiger partial charge in [-0.2, -0.15) is 47.9 Å². The molecule has 0 saturated heterocycles. The number of hydrogen-bond donors (Lipinski definition) is 0. The van der Waals surface area contributed by atoms with Crippen LogP contribution in [0.2, 0.25) is 0 Å². The summed E-state index contributed by atoms with van der Waals surface area (Å²) in [6.07, 6.45) is -9.40. The molecule has 0 spiro atoms. The van der Waals surface area contributed by atoms with Crippen LogP contribution in [0, 0.1) is 9.49 Å². The Morgan fingerprint density at radius 3 is 1.28 bits per heavy atom. The molecule has 0 saturated carbocycles. The van der Waals surface area contributed by atoms with E-state index >= 15 is 8.78 Å². The Hall–Kier alpha value is -3.65. The minimum atomic E-state index is -7.65. The van der Waals surface area contributed by atoms with Gasteiger partial charge in [-0.05, 0) is 0 Å². The fraction of sp³-hybridized carbons (Fsp3) is 0.300. The van der Waals surface area contributed by atoms with Crippen molar-refractivity contribution in [1.29, 1.82) is 0 Å². The van der Waals surface area contributed by atoms with Gasteiger partial charge in [0.1, 0.15) is 0 Å². The molecule has 1 aliphatic carbocycles. The summed E-state index contributed by atoms with van der Waals surface area (Å²) < 4.78 is 311. The van der Waals surface area contributed by atoms with E-state index in [-0.39, 0.29) is 23.2 Å². The molecule has 0 aromatic heterocycles. The van der Waals surface area contributed by atoms with Crippen LogP contribution < -0.4 is 0 Å². The molecule has 2 atom stereocenters. The van der Waals surface area contributed by atoms with Crippen LogP contribution in [-0.2, 0) is 26.4 Å². The Morgan fingerprint density at radius 2 is 0.884 bits per heavy atom. The number of benzene rings is 4. The molecule has 5 rings (SSSR count). The molecular formula is C40H29F18IO6S4. The van der Waals surface area contributed by atoms with Crippen molar-refractivity contribution in [2.24, 2.45) is 5.92 Å². The summed E-state index contributed by atoms with van der Waals surface area (Å²) in [6, 6.07) is 20.3. The van der Waals surface area contributed by atoms with Gasteiger partial charge in [-0.3, -0.25) is 0 Å². The summed E-state index contributed by atoms with van der Waals surface area (Å²) in [6.45, 7) is 2.63. The first-order valence-corrected chi connectivity index (χ1v) is 26.7. The molecule has 29 heteroatoms. The second kappa shape index (κ2) is 18.8. The zero-order valence-electron chi connectivity index (χ0n) is 34.0. The Morgan fingerprint density at radius 1 is 0.507 bits per heavy atom. The van der Waals surface area contributed by atoms with Gasteiger partial charge in [0.15, 0.2) is 0 Å². The predicted octanol–water partition coefficient (Wildman–Crippen LogP) is 14.7. The molecule has 0 fully saturated rings. The van der Waals surface area contributed by atoms with E-state index in [0.29, 0.717) is 0 Å². The standard InChI is InChI=1S/C40H29F18IO6S4/c1-25-11-9-10-24-32(25,2)59(64-68(60,61)39(55,56)35(45,46)33(41,42)37(49,50)51)26-16-18-27(19-17-26)66-28-20-22-31(23-21-28)67(29-12-5-3-6-13-29,30-14-7-4-8-15-30)65-69(62,63)40(57,58)36(47,48)34(43,44)38(52,53)54/h3-25H,1-2H3. The van der Waals surface area contributed by atoms with Crippen molar-refractivity contribution in [3.05, 3.63) is 137 Å². The summed E-state index contributed by atoms with van der Waals surface area (Å²) in [5.74, 6) is -31.3. The van der Waals surface area contributed by atoms with Gasteiger partial charge in [0.25, 0.3) is 0 Å². The third-order valence-corrected chi connectivity index (χ3v) is 25.2. The van der Waals surface area contributed by atoms with Crippen LogP contribution in [0.1, 0.15) is 13.8 Å². The summed E-state index contributed by atoms with van der Waals surface area (Å²) in [7, 11) is -19.3. The molecular weight excluding hydrogens is 1170 g/mol. The summed E-state index contributed by atoms with van der Waals surface area (Å²) in [5.41, 5.74) is 0. The fourth-order valence-corrected chi connectivity index (χ4v) is 20.7. The molecule has 0 N–H and O–H groups in total. The Labute approximate surface area is 393 Å². The van der Waals surface area contributed by atoms with Crippen molar-refractivity contribution in [2.45, 2.75) is 88.3 Å². The second-order valence-electron chi connectivity index (χ2n) is 14.5. The molecule has 6 nitrogen and oxygen atoms in total. The quantitative estimate of drug-likeness (QED) is 0.0591. The van der Waals surface area contributed by atoms with Gasteiger partial charge in [0, 0.05) is 0 Å². The first-order chi connectivity index (χ1) is 31.3. The zero-order valence-corrected chi connectivity index (χ0v) is 39.5. The van der Waals surface area contributed by atoms with Gasteiger partial charge in [-0.15, -0.1) is 0 Å². The Balaban J connectivity index is 1.56. The van der Waals surface area contributed by atoms with Crippen LogP contribution in [-0.4, -0.2) is 66.8 Å². The van der Waals surface area contributed by atoms with Crippen LogP contribution in [0.3, 0.4) is 0 Å². The van der Waals surface area contributed by atoms with Crippen molar-refractivity contribution in [3.63, 3.8) is 0 Å². The summed E-state index contributed by atoms with van der Waals surface area (Å²) in [5, 5.41) is -14.4. The molecule has 0 bridgehead atoms. The van der Waals surface area contributed by atoms with E-state index in [1.54, 1.807) is 0 Å². The van der Waals surface area contributed by atoms with Gasteiger partial charge >= 0.3 is 312 Å². The number of alkyl halides is 19. The van der Waals surface area contributed by atoms with E-state index < -0.39 is 112 Å². The zero-order chi connectivity index (χ0) is 52.3. The number of hydrogen-bond acceptors (Lipinski definition) is 7. The average Bonchev–Trinajstić information content (AvgIpc) is 3.26. The molecule has 69 heavy (non-hydrogen) atoms. The average molecular weight is 1200 g/mol. The Bertz CT molecular complexity index is 2720. The van der Waals surface area contributed by atoms with Crippen LogP contribution >= 0.6 is 42.3 Å². The molecule has 0 aliphatic heterocycles. The van der Waals surface area contributed by atoms with Gasteiger partial charge in [0.2, 0.25) is 0 Å². The summed E-state index contributed by atoms with van der Waals surface area (Å²) >= 11 is -3.81. The molecule has 1 aliphatic rings. The van der Waals surface area contributed by atoms with E-state index in [0.717, 1.165) is 84.6 Å². The van der Waals surface area contributed by atoms with E-state index in [1.165, 1.54) is 74.5 Å². The van der Waals surface area contributed by atoms with Gasteiger partial charge in [-0.25, -0.2) is 0 Å². The van der Waals surface area contributed by atoms with Crippen molar-refractivity contribution in [3.8, 4) is 0 Å². The Kier molecular flexibility index (Phi) is 15.3. The van der Waals surface area contributed by atoms with Crippen LogP contribution in [0.4, 0.5) is 79.0 Å². The molecule has 382 valence electrons. The van der Waals surface area contributed by atoms with Crippen molar-refractivity contribution in [1.82, 2.24) is 0 Å². The van der Waals surface area contributed by atoms with E-state index in [2.05, 4.69) is 2.51 Å². The molecule has 4 aromatic carbocycles. The third-order valence-electron chi connectivity index (χ3n) is 9.94. The molecule has 0 amide bonds. The molecule has 0 heterocycles. The van der Waals surface area contributed by atoms with Crippen molar-refractivity contribution < 1.29 is 102 Å². The first kappa shape index (κ1) is 56.3. The number of allylic oxidation sites excluding steroid dienone is 4. The number of halogens is 19. The third kappa shape index (κ3) is 9.61. The van der Waals surface area contributed by atoms with Gasteiger partial charge < -0.3 is 0 Å². The molecule has 2 unspecified atom stereocenters. The van der Waals surface area contributed by atoms with E-state index in [9.17, 15) is 87.1 Å². The van der Waals surface area contributed by atoms with Gasteiger partial charge in [-0.1, -0.05) is 36.4 Å². The normalized spacial score (nSPS) is 18.8. The summed E-state index contributed by atoms with van der Waals surface area (Å²) in [4.78, 5) is -0.969. The van der Waals surface area contributed by atoms with Crippen molar-refractivity contribution >= 4 is 62.5 Å².